The number of nitrogens with zero attached hydrogens (tertiary/aromatic N) is 3. The molecule has 1 amide bonds. The Morgan fingerprint density at radius 3 is 2.78 bits per heavy atom. The summed E-state index contributed by atoms with van der Waals surface area (Å²) in [6, 6.07) is 9.82. The van der Waals surface area contributed by atoms with Crippen LogP contribution in [0, 0.1) is 0 Å². The van der Waals surface area contributed by atoms with Gasteiger partial charge in [0.25, 0.3) is 5.91 Å². The first kappa shape index (κ1) is 12.8. The molecule has 0 aliphatic carbocycles. The summed E-state index contributed by atoms with van der Waals surface area (Å²) >= 11 is 1.47. The molecule has 1 unspecified atom stereocenters. The van der Waals surface area contributed by atoms with Crippen molar-refractivity contribution in [2.24, 2.45) is 10.1 Å². The van der Waals surface area contributed by atoms with E-state index < -0.39 is 0 Å². The standard InChI is InChI=1S/C13H15N3OS/c1-3-11-12(17)15-13(18-11)16(2)14-9-10-7-5-4-6-8-10/h4-9,11H,3H2,1-2H3. The van der Waals surface area contributed by atoms with Gasteiger partial charge in [0.05, 0.1) is 11.5 Å². The molecule has 1 aliphatic rings. The molecule has 18 heavy (non-hydrogen) atoms. The Labute approximate surface area is 111 Å². The summed E-state index contributed by atoms with van der Waals surface area (Å²) in [5, 5.41) is 6.55. The SMILES string of the molecule is CCC1SC(N(C)N=Cc2ccccc2)=NC1=O. The molecule has 4 nitrogen and oxygen atoms in total. The Hall–Kier alpha value is -1.62. The van der Waals surface area contributed by atoms with E-state index in [2.05, 4.69) is 10.1 Å². The summed E-state index contributed by atoms with van der Waals surface area (Å²) in [6.07, 6.45) is 2.56. The lowest BCUT2D eigenvalue weighted by molar-refractivity contribution is -0.117. The molecule has 0 aromatic heterocycles. The predicted molar refractivity (Wildman–Crippen MR) is 75.9 cm³/mol. The van der Waals surface area contributed by atoms with Crippen LogP contribution >= 0.6 is 11.8 Å². The number of hydrogen-bond donors (Lipinski definition) is 0. The van der Waals surface area contributed by atoms with Gasteiger partial charge in [-0.2, -0.15) is 10.1 Å². The summed E-state index contributed by atoms with van der Waals surface area (Å²) in [5.41, 5.74) is 1.02. The van der Waals surface area contributed by atoms with Crippen molar-refractivity contribution in [1.82, 2.24) is 5.01 Å². The molecule has 0 saturated heterocycles. The van der Waals surface area contributed by atoms with E-state index in [4.69, 9.17) is 0 Å². The minimum atomic E-state index is -0.0562. The second-order valence-electron chi connectivity index (χ2n) is 3.93. The van der Waals surface area contributed by atoms with Gasteiger partial charge in [-0.05, 0) is 12.0 Å². The molecule has 0 fully saturated rings. The molecule has 94 valence electrons. The van der Waals surface area contributed by atoms with Gasteiger partial charge in [0.15, 0.2) is 5.17 Å². The van der Waals surface area contributed by atoms with Gasteiger partial charge < -0.3 is 0 Å². The molecule has 1 aromatic carbocycles. The topological polar surface area (TPSA) is 45.0 Å². The highest BCUT2D eigenvalue weighted by Gasteiger charge is 2.28. The highest BCUT2D eigenvalue weighted by Crippen LogP contribution is 2.26. The highest BCUT2D eigenvalue weighted by atomic mass is 32.2. The van der Waals surface area contributed by atoms with E-state index in [1.807, 2.05) is 37.3 Å². The van der Waals surface area contributed by atoms with Crippen LogP contribution in [0.4, 0.5) is 0 Å². The van der Waals surface area contributed by atoms with Gasteiger partial charge in [0.2, 0.25) is 0 Å². The molecular weight excluding hydrogens is 246 g/mol. The maximum Gasteiger partial charge on any atom is 0.261 e. The molecule has 0 saturated carbocycles. The maximum absolute atomic E-state index is 11.5. The fourth-order valence-electron chi connectivity index (χ4n) is 1.52. The first-order valence-electron chi connectivity index (χ1n) is 5.82. The van der Waals surface area contributed by atoms with Crippen molar-refractivity contribution in [3.63, 3.8) is 0 Å². The van der Waals surface area contributed by atoms with Gasteiger partial charge in [-0.25, -0.2) is 5.01 Å². The Bertz CT molecular complexity index is 484. The lowest BCUT2D eigenvalue weighted by Gasteiger charge is -2.11. The summed E-state index contributed by atoms with van der Waals surface area (Å²) in [7, 11) is 1.80. The Balaban J connectivity index is 2.01. The highest BCUT2D eigenvalue weighted by molar-refractivity contribution is 8.15. The van der Waals surface area contributed by atoms with Gasteiger partial charge in [-0.3, -0.25) is 4.79 Å². The summed E-state index contributed by atoms with van der Waals surface area (Å²) < 4.78 is 0. The number of amides is 1. The van der Waals surface area contributed by atoms with Gasteiger partial charge in [-0.15, -0.1) is 0 Å². The number of thioether (sulfide) groups is 1. The molecule has 0 bridgehead atoms. The van der Waals surface area contributed by atoms with Crippen molar-refractivity contribution in [2.75, 3.05) is 7.05 Å². The van der Waals surface area contributed by atoms with Gasteiger partial charge in [0, 0.05) is 7.05 Å². The fraction of sp³-hybridized carbons (Fsp3) is 0.308. The lowest BCUT2D eigenvalue weighted by atomic mass is 10.2. The first-order chi connectivity index (χ1) is 8.70. The molecule has 0 spiro atoms. The Morgan fingerprint density at radius 1 is 1.44 bits per heavy atom. The van der Waals surface area contributed by atoms with Crippen LogP contribution in [0.25, 0.3) is 0 Å². The number of rotatable bonds is 3. The number of benzene rings is 1. The summed E-state index contributed by atoms with van der Waals surface area (Å²) in [6.45, 7) is 1.99. The van der Waals surface area contributed by atoms with E-state index in [1.54, 1.807) is 18.3 Å². The minimum Gasteiger partial charge on any atom is -0.271 e. The van der Waals surface area contributed by atoms with Crippen molar-refractivity contribution >= 4 is 29.1 Å². The van der Waals surface area contributed by atoms with Crippen LogP contribution in [0.3, 0.4) is 0 Å². The third-order valence-corrected chi connectivity index (χ3v) is 3.94. The van der Waals surface area contributed by atoms with Crippen LogP contribution in [0.15, 0.2) is 40.4 Å². The van der Waals surface area contributed by atoms with E-state index in [-0.39, 0.29) is 11.2 Å². The number of carbonyl (C=O) groups excluding carboxylic acids is 1. The number of hydrogen-bond acceptors (Lipinski definition) is 4. The maximum atomic E-state index is 11.5. The number of aliphatic imine (C=N–C) groups is 1. The number of hydrazone groups is 1. The first-order valence-corrected chi connectivity index (χ1v) is 6.70. The molecule has 1 heterocycles. The van der Waals surface area contributed by atoms with Gasteiger partial charge >= 0.3 is 0 Å². The average molecular weight is 261 g/mol. The van der Waals surface area contributed by atoms with Crippen molar-refractivity contribution in [2.45, 2.75) is 18.6 Å². The van der Waals surface area contributed by atoms with Crippen LogP contribution in [-0.4, -0.2) is 34.6 Å². The average Bonchev–Trinajstić information content (AvgIpc) is 2.78. The Morgan fingerprint density at radius 2 is 2.17 bits per heavy atom. The van der Waals surface area contributed by atoms with E-state index >= 15 is 0 Å². The summed E-state index contributed by atoms with van der Waals surface area (Å²) in [4.78, 5) is 15.5. The third-order valence-electron chi connectivity index (χ3n) is 2.56. The lowest BCUT2D eigenvalue weighted by Crippen LogP contribution is -2.17. The van der Waals surface area contributed by atoms with Gasteiger partial charge in [0.1, 0.15) is 0 Å². The number of amidine groups is 1. The summed E-state index contributed by atoms with van der Waals surface area (Å²) in [5.74, 6) is -0.0562. The van der Waals surface area contributed by atoms with E-state index in [9.17, 15) is 4.79 Å². The number of carbonyl (C=O) groups is 1. The molecule has 2 rings (SSSR count). The zero-order chi connectivity index (χ0) is 13.0. The van der Waals surface area contributed by atoms with E-state index in [1.165, 1.54) is 11.8 Å². The Kier molecular flexibility index (Phi) is 4.15. The second-order valence-corrected chi connectivity index (χ2v) is 5.10. The molecule has 1 aromatic rings. The zero-order valence-electron chi connectivity index (χ0n) is 10.4. The smallest absolute Gasteiger partial charge is 0.261 e. The van der Waals surface area contributed by atoms with Crippen molar-refractivity contribution in [3.8, 4) is 0 Å². The van der Waals surface area contributed by atoms with Gasteiger partial charge in [-0.1, -0.05) is 49.0 Å². The molecule has 1 atom stereocenters. The van der Waals surface area contributed by atoms with Crippen molar-refractivity contribution in [1.29, 1.82) is 0 Å². The van der Waals surface area contributed by atoms with E-state index in [0.29, 0.717) is 5.17 Å². The van der Waals surface area contributed by atoms with E-state index in [0.717, 1.165) is 12.0 Å². The van der Waals surface area contributed by atoms with Crippen LogP contribution in [-0.2, 0) is 4.79 Å². The molecule has 0 N–H and O–H groups in total. The third kappa shape index (κ3) is 2.98. The molecule has 1 aliphatic heterocycles. The monoisotopic (exact) mass is 261 g/mol. The predicted octanol–water partition coefficient (Wildman–Crippen LogP) is 2.36. The van der Waals surface area contributed by atoms with Crippen LogP contribution in [0.2, 0.25) is 0 Å². The van der Waals surface area contributed by atoms with Crippen molar-refractivity contribution < 1.29 is 4.79 Å². The van der Waals surface area contributed by atoms with Crippen LogP contribution in [0.5, 0.6) is 0 Å². The normalized spacial score (nSPS) is 19.3. The molecule has 0 radical (unpaired) electrons. The molecular formula is C13H15N3OS. The van der Waals surface area contributed by atoms with Crippen LogP contribution < -0.4 is 0 Å². The fourth-order valence-corrected chi connectivity index (χ4v) is 2.44. The quantitative estimate of drug-likeness (QED) is 0.620. The zero-order valence-corrected chi connectivity index (χ0v) is 11.2. The largest absolute Gasteiger partial charge is 0.271 e. The minimum absolute atomic E-state index is 0.0469. The van der Waals surface area contributed by atoms with Crippen molar-refractivity contribution in [3.05, 3.63) is 35.9 Å². The molecule has 5 heteroatoms. The second kappa shape index (κ2) is 5.82. The van der Waals surface area contributed by atoms with Crippen LogP contribution in [0.1, 0.15) is 18.9 Å².